The second-order valence-corrected chi connectivity index (χ2v) is 7.32. The molecule has 9 nitrogen and oxygen atoms in total. The number of nitrogens with zero attached hydrogens (tertiary/aromatic N) is 1. The summed E-state index contributed by atoms with van der Waals surface area (Å²) in [7, 11) is 0. The molecule has 0 aromatic heterocycles. The minimum atomic E-state index is -1.07. The molecule has 1 amide bonds. The van der Waals surface area contributed by atoms with Crippen LogP contribution in [-0.2, 0) is 23.9 Å². The molecular formula is C20H32N2O7. The molecule has 29 heavy (non-hydrogen) atoms. The number of aliphatic hydroxyl groups is 2. The van der Waals surface area contributed by atoms with Gasteiger partial charge in [0.05, 0.1) is 6.04 Å². The molecule has 0 aromatic rings. The minimum Gasteiger partial charge on any atom is -0.460 e. The van der Waals surface area contributed by atoms with E-state index >= 15 is 0 Å². The van der Waals surface area contributed by atoms with E-state index in [9.17, 15) is 24.6 Å². The van der Waals surface area contributed by atoms with Crippen molar-refractivity contribution in [1.82, 2.24) is 10.2 Å². The van der Waals surface area contributed by atoms with Crippen molar-refractivity contribution < 1.29 is 34.1 Å². The number of hydrogen-bond donors (Lipinski definition) is 3. The van der Waals surface area contributed by atoms with Crippen LogP contribution in [0.15, 0.2) is 24.3 Å². The average Bonchev–Trinajstić information content (AvgIpc) is 2.87. The smallest absolute Gasteiger partial charge is 0.333 e. The topological polar surface area (TPSA) is 125 Å². The van der Waals surface area contributed by atoms with Gasteiger partial charge < -0.3 is 25.0 Å². The molecule has 164 valence electrons. The normalized spacial score (nSPS) is 18.9. The van der Waals surface area contributed by atoms with Gasteiger partial charge in [0.15, 0.2) is 0 Å². The molecule has 1 aliphatic rings. The van der Waals surface area contributed by atoms with Gasteiger partial charge in [0.2, 0.25) is 5.91 Å². The molecule has 3 unspecified atom stereocenters. The molecule has 3 N–H and O–H groups in total. The van der Waals surface area contributed by atoms with Gasteiger partial charge in [-0.05, 0) is 33.1 Å². The van der Waals surface area contributed by atoms with E-state index in [0.29, 0.717) is 13.0 Å². The molecule has 1 saturated heterocycles. The Morgan fingerprint density at radius 2 is 1.55 bits per heavy atom. The van der Waals surface area contributed by atoms with Crippen LogP contribution in [0.4, 0.5) is 0 Å². The van der Waals surface area contributed by atoms with Crippen molar-refractivity contribution in [2.45, 2.75) is 51.4 Å². The van der Waals surface area contributed by atoms with Gasteiger partial charge in [-0.2, -0.15) is 0 Å². The summed E-state index contributed by atoms with van der Waals surface area (Å²) in [5.41, 5.74) is 0.430. The Kier molecular flexibility index (Phi) is 10.6. The highest BCUT2D eigenvalue weighted by Gasteiger charge is 2.30. The number of esters is 2. The van der Waals surface area contributed by atoms with Crippen LogP contribution >= 0.6 is 0 Å². The van der Waals surface area contributed by atoms with E-state index in [4.69, 9.17) is 9.47 Å². The van der Waals surface area contributed by atoms with Crippen molar-refractivity contribution >= 4 is 17.8 Å². The van der Waals surface area contributed by atoms with Crippen molar-refractivity contribution in [2.75, 3.05) is 32.8 Å². The quantitative estimate of drug-likeness (QED) is 0.318. The zero-order valence-corrected chi connectivity index (χ0v) is 17.2. The summed E-state index contributed by atoms with van der Waals surface area (Å²) < 4.78 is 9.92. The van der Waals surface area contributed by atoms with Gasteiger partial charge in [0.1, 0.15) is 25.4 Å². The van der Waals surface area contributed by atoms with Crippen LogP contribution in [0.2, 0.25) is 0 Å². The van der Waals surface area contributed by atoms with Crippen molar-refractivity contribution in [1.29, 1.82) is 0 Å². The Morgan fingerprint density at radius 3 is 2.00 bits per heavy atom. The molecule has 0 spiro atoms. The fraction of sp³-hybridized carbons (Fsp3) is 0.650. The summed E-state index contributed by atoms with van der Waals surface area (Å²) in [4.78, 5) is 37.1. The Labute approximate surface area is 171 Å². The number of carbonyl (C=O) groups excluding carboxylic acids is 3. The van der Waals surface area contributed by atoms with Gasteiger partial charge in [-0.1, -0.05) is 13.2 Å². The van der Waals surface area contributed by atoms with E-state index in [1.54, 1.807) is 4.90 Å². The molecule has 0 radical (unpaired) electrons. The Bertz CT molecular complexity index is 582. The Morgan fingerprint density at radius 1 is 1.07 bits per heavy atom. The molecule has 9 heteroatoms. The lowest BCUT2D eigenvalue weighted by Gasteiger charge is -2.32. The molecule has 1 heterocycles. The second kappa shape index (κ2) is 12.4. The van der Waals surface area contributed by atoms with Gasteiger partial charge in [-0.3, -0.25) is 9.69 Å². The fourth-order valence-corrected chi connectivity index (χ4v) is 2.84. The van der Waals surface area contributed by atoms with Crippen LogP contribution in [0, 0.1) is 0 Å². The zero-order chi connectivity index (χ0) is 22.0. The van der Waals surface area contributed by atoms with Crippen LogP contribution in [0.25, 0.3) is 0 Å². The van der Waals surface area contributed by atoms with Gasteiger partial charge in [0.25, 0.3) is 0 Å². The van der Waals surface area contributed by atoms with Crippen LogP contribution in [0.1, 0.15) is 33.1 Å². The predicted octanol–water partition coefficient (Wildman–Crippen LogP) is -0.0825. The highest BCUT2D eigenvalue weighted by molar-refractivity contribution is 5.87. The third-order valence-electron chi connectivity index (χ3n) is 4.35. The van der Waals surface area contributed by atoms with E-state index in [1.807, 2.05) is 0 Å². The lowest BCUT2D eigenvalue weighted by molar-refractivity contribution is -0.144. The van der Waals surface area contributed by atoms with E-state index in [0.717, 1.165) is 12.8 Å². The maximum atomic E-state index is 12.4. The number of ether oxygens (including phenoxy) is 2. The molecule has 0 aromatic carbocycles. The van der Waals surface area contributed by atoms with E-state index in [2.05, 4.69) is 18.5 Å². The maximum Gasteiger partial charge on any atom is 0.333 e. The number of rotatable bonds is 11. The SMILES string of the molecule is C=C(C)C(=O)OCC(O)CN(CC(O)COC(=O)C(=C)C)C1CCCCNC1=O. The van der Waals surface area contributed by atoms with E-state index in [-0.39, 0.29) is 43.4 Å². The Balaban J connectivity index is 2.75. The van der Waals surface area contributed by atoms with Crippen LogP contribution < -0.4 is 5.32 Å². The van der Waals surface area contributed by atoms with E-state index < -0.39 is 30.2 Å². The summed E-state index contributed by atoms with van der Waals surface area (Å²) in [5.74, 6) is -1.43. The van der Waals surface area contributed by atoms with E-state index in [1.165, 1.54) is 13.8 Å². The van der Waals surface area contributed by atoms with Crippen molar-refractivity contribution in [3.8, 4) is 0 Å². The summed E-state index contributed by atoms with van der Waals surface area (Å²) in [5, 5.41) is 23.4. The largest absolute Gasteiger partial charge is 0.460 e. The molecule has 0 saturated carbocycles. The standard InChI is InChI=1S/C20H32N2O7/c1-13(2)19(26)28-11-15(23)9-22(17-7-5-6-8-21-18(17)25)10-16(24)12-29-20(27)14(3)4/h15-17,23-24H,1,3,5-12H2,2,4H3,(H,21,25). The highest BCUT2D eigenvalue weighted by Crippen LogP contribution is 2.14. The number of hydrogen-bond acceptors (Lipinski definition) is 8. The molecule has 1 aliphatic heterocycles. The zero-order valence-electron chi connectivity index (χ0n) is 17.2. The fourth-order valence-electron chi connectivity index (χ4n) is 2.84. The highest BCUT2D eigenvalue weighted by atomic mass is 16.5. The molecule has 1 fully saturated rings. The van der Waals surface area contributed by atoms with Gasteiger partial charge in [0, 0.05) is 30.8 Å². The first-order valence-electron chi connectivity index (χ1n) is 9.65. The maximum absolute atomic E-state index is 12.4. The average molecular weight is 412 g/mol. The summed E-state index contributed by atoms with van der Waals surface area (Å²) in [6, 6.07) is -0.560. The minimum absolute atomic E-state index is 0.00690. The summed E-state index contributed by atoms with van der Waals surface area (Å²) >= 11 is 0. The number of nitrogens with one attached hydrogen (secondary N) is 1. The predicted molar refractivity (Wildman–Crippen MR) is 106 cm³/mol. The van der Waals surface area contributed by atoms with Gasteiger partial charge >= 0.3 is 11.9 Å². The number of aliphatic hydroxyl groups excluding tert-OH is 2. The summed E-state index contributed by atoms with van der Waals surface area (Å²) in [6.07, 6.45) is 0.0660. The first-order chi connectivity index (χ1) is 13.6. The number of amides is 1. The molecule has 1 rings (SSSR count). The van der Waals surface area contributed by atoms with Crippen LogP contribution in [-0.4, -0.2) is 84.1 Å². The first-order valence-corrected chi connectivity index (χ1v) is 9.65. The third kappa shape index (κ3) is 9.21. The first kappa shape index (κ1) is 24.8. The lowest BCUT2D eigenvalue weighted by atomic mass is 10.1. The molecular weight excluding hydrogens is 380 g/mol. The monoisotopic (exact) mass is 412 g/mol. The Hall–Kier alpha value is -2.23. The molecule has 0 aliphatic carbocycles. The van der Waals surface area contributed by atoms with Crippen LogP contribution in [0.3, 0.4) is 0 Å². The third-order valence-corrected chi connectivity index (χ3v) is 4.35. The molecule has 3 atom stereocenters. The van der Waals surface area contributed by atoms with Crippen molar-refractivity contribution in [2.24, 2.45) is 0 Å². The van der Waals surface area contributed by atoms with Crippen molar-refractivity contribution in [3.05, 3.63) is 24.3 Å². The summed E-state index contributed by atoms with van der Waals surface area (Å²) in [6.45, 7) is 9.97. The van der Waals surface area contributed by atoms with Crippen LogP contribution in [0.5, 0.6) is 0 Å². The van der Waals surface area contributed by atoms with Crippen molar-refractivity contribution in [3.63, 3.8) is 0 Å². The second-order valence-electron chi connectivity index (χ2n) is 7.32. The molecule has 0 bridgehead atoms. The van der Waals surface area contributed by atoms with Gasteiger partial charge in [-0.25, -0.2) is 9.59 Å². The number of carbonyl (C=O) groups is 3. The lowest BCUT2D eigenvalue weighted by Crippen LogP contribution is -2.52. The van der Waals surface area contributed by atoms with Gasteiger partial charge in [-0.15, -0.1) is 0 Å².